The number of benzene rings is 2. The second kappa shape index (κ2) is 7.70. The minimum Gasteiger partial charge on any atom is -0.298 e. The molecular formula is C20H18N2OS. The molecule has 0 saturated heterocycles. The summed E-state index contributed by atoms with van der Waals surface area (Å²) in [6.45, 7) is 2.08. The molecule has 0 aliphatic rings. The molecule has 0 aliphatic heterocycles. The molecular weight excluding hydrogens is 316 g/mol. The van der Waals surface area contributed by atoms with Crippen LogP contribution in [0, 0.1) is 6.92 Å². The second-order valence-electron chi connectivity index (χ2n) is 5.53. The molecule has 3 aromatic rings. The zero-order chi connectivity index (χ0) is 16.8. The standard InChI is InChI=1S/C20H18N2OS/c1-15-6-5-9-17(12-15)13-18-14-21-20(24-18)22-19(23)11-10-16-7-3-2-4-8-16/h2-12,14H,13H2,1H3,(H,21,22,23). The van der Waals surface area contributed by atoms with Gasteiger partial charge < -0.3 is 0 Å². The number of carbonyl (C=O) groups is 1. The average molecular weight is 334 g/mol. The topological polar surface area (TPSA) is 42.0 Å². The first kappa shape index (κ1) is 16.1. The number of anilines is 1. The first-order valence-electron chi connectivity index (χ1n) is 7.73. The van der Waals surface area contributed by atoms with E-state index in [-0.39, 0.29) is 5.91 Å². The van der Waals surface area contributed by atoms with Crippen LogP contribution in [0.4, 0.5) is 5.13 Å². The number of rotatable bonds is 5. The molecule has 1 amide bonds. The molecule has 120 valence electrons. The van der Waals surface area contributed by atoms with Crippen molar-refractivity contribution in [1.29, 1.82) is 0 Å². The Morgan fingerprint density at radius 1 is 1.17 bits per heavy atom. The Balaban J connectivity index is 1.59. The monoisotopic (exact) mass is 334 g/mol. The van der Waals surface area contributed by atoms with Gasteiger partial charge in [-0.25, -0.2) is 4.98 Å². The van der Waals surface area contributed by atoms with E-state index in [0.717, 1.165) is 16.9 Å². The Morgan fingerprint density at radius 2 is 2.00 bits per heavy atom. The van der Waals surface area contributed by atoms with Gasteiger partial charge in [0.2, 0.25) is 5.91 Å². The minimum absolute atomic E-state index is 0.171. The summed E-state index contributed by atoms with van der Waals surface area (Å²) in [5.41, 5.74) is 3.49. The normalized spacial score (nSPS) is 10.9. The van der Waals surface area contributed by atoms with E-state index < -0.39 is 0 Å². The summed E-state index contributed by atoms with van der Waals surface area (Å²) in [6.07, 6.45) is 5.96. The van der Waals surface area contributed by atoms with Crippen molar-refractivity contribution in [2.45, 2.75) is 13.3 Å². The number of carbonyl (C=O) groups excluding carboxylic acids is 1. The van der Waals surface area contributed by atoms with Gasteiger partial charge in [0.25, 0.3) is 0 Å². The highest BCUT2D eigenvalue weighted by Crippen LogP contribution is 2.21. The molecule has 0 spiro atoms. The van der Waals surface area contributed by atoms with E-state index in [0.29, 0.717) is 5.13 Å². The average Bonchev–Trinajstić information content (AvgIpc) is 3.01. The van der Waals surface area contributed by atoms with Gasteiger partial charge in [0.15, 0.2) is 5.13 Å². The molecule has 3 rings (SSSR count). The summed E-state index contributed by atoms with van der Waals surface area (Å²) >= 11 is 1.51. The lowest BCUT2D eigenvalue weighted by Crippen LogP contribution is -2.06. The molecule has 24 heavy (non-hydrogen) atoms. The zero-order valence-corrected chi connectivity index (χ0v) is 14.2. The van der Waals surface area contributed by atoms with Gasteiger partial charge in [-0.1, -0.05) is 60.2 Å². The maximum absolute atomic E-state index is 12.0. The van der Waals surface area contributed by atoms with E-state index in [1.807, 2.05) is 36.5 Å². The number of hydrogen-bond donors (Lipinski definition) is 1. The highest BCUT2D eigenvalue weighted by atomic mass is 32.1. The Kier molecular flexibility index (Phi) is 5.18. The third-order valence-corrected chi connectivity index (χ3v) is 4.38. The minimum atomic E-state index is -0.171. The quantitative estimate of drug-likeness (QED) is 0.688. The molecule has 0 aliphatic carbocycles. The number of nitrogens with zero attached hydrogens (tertiary/aromatic N) is 1. The first-order chi connectivity index (χ1) is 11.7. The summed E-state index contributed by atoms with van der Waals surface area (Å²) in [6, 6.07) is 18.1. The van der Waals surface area contributed by atoms with Crippen LogP contribution in [0.2, 0.25) is 0 Å². The molecule has 1 aromatic heterocycles. The third kappa shape index (κ3) is 4.64. The van der Waals surface area contributed by atoms with Crippen LogP contribution < -0.4 is 5.32 Å². The fourth-order valence-corrected chi connectivity index (χ4v) is 3.20. The highest BCUT2D eigenvalue weighted by Gasteiger charge is 2.05. The number of nitrogens with one attached hydrogen (secondary N) is 1. The van der Waals surface area contributed by atoms with Crippen molar-refractivity contribution < 1.29 is 4.79 Å². The molecule has 0 fully saturated rings. The third-order valence-electron chi connectivity index (χ3n) is 3.47. The largest absolute Gasteiger partial charge is 0.298 e. The maximum Gasteiger partial charge on any atom is 0.250 e. The fourth-order valence-electron chi connectivity index (χ4n) is 2.35. The Bertz CT molecular complexity index is 853. The van der Waals surface area contributed by atoms with Crippen molar-refractivity contribution >= 4 is 28.5 Å². The Labute approximate surface area is 145 Å². The molecule has 1 heterocycles. The van der Waals surface area contributed by atoms with Gasteiger partial charge >= 0.3 is 0 Å². The van der Waals surface area contributed by atoms with Crippen LogP contribution in [0.15, 0.2) is 66.9 Å². The van der Waals surface area contributed by atoms with Crippen molar-refractivity contribution in [2.75, 3.05) is 5.32 Å². The molecule has 0 radical (unpaired) electrons. The molecule has 1 N–H and O–H groups in total. The highest BCUT2D eigenvalue weighted by molar-refractivity contribution is 7.15. The van der Waals surface area contributed by atoms with E-state index in [2.05, 4.69) is 41.5 Å². The van der Waals surface area contributed by atoms with Gasteiger partial charge in [-0.3, -0.25) is 10.1 Å². The summed E-state index contributed by atoms with van der Waals surface area (Å²) in [4.78, 5) is 17.4. The van der Waals surface area contributed by atoms with Crippen molar-refractivity contribution in [1.82, 2.24) is 4.98 Å². The Morgan fingerprint density at radius 3 is 2.79 bits per heavy atom. The van der Waals surface area contributed by atoms with E-state index >= 15 is 0 Å². The van der Waals surface area contributed by atoms with Gasteiger partial charge in [0, 0.05) is 23.6 Å². The maximum atomic E-state index is 12.0. The van der Waals surface area contributed by atoms with Gasteiger partial charge in [-0.15, -0.1) is 11.3 Å². The van der Waals surface area contributed by atoms with E-state index in [9.17, 15) is 4.79 Å². The molecule has 4 heteroatoms. The second-order valence-corrected chi connectivity index (χ2v) is 6.65. The molecule has 3 nitrogen and oxygen atoms in total. The summed E-state index contributed by atoms with van der Waals surface area (Å²) in [7, 11) is 0. The molecule has 2 aromatic carbocycles. The number of aryl methyl sites for hydroxylation is 1. The zero-order valence-electron chi connectivity index (χ0n) is 13.4. The van der Waals surface area contributed by atoms with Crippen LogP contribution in [0.1, 0.15) is 21.6 Å². The van der Waals surface area contributed by atoms with Crippen LogP contribution in [0.5, 0.6) is 0 Å². The van der Waals surface area contributed by atoms with Gasteiger partial charge in [0.05, 0.1) is 0 Å². The molecule has 0 atom stereocenters. The van der Waals surface area contributed by atoms with Crippen molar-refractivity contribution in [3.63, 3.8) is 0 Å². The molecule has 0 unspecified atom stereocenters. The lowest BCUT2D eigenvalue weighted by atomic mass is 10.1. The van der Waals surface area contributed by atoms with E-state index in [1.54, 1.807) is 6.08 Å². The number of thiazole rings is 1. The fraction of sp³-hybridized carbons (Fsp3) is 0.100. The van der Waals surface area contributed by atoms with Gasteiger partial charge in [-0.05, 0) is 24.1 Å². The molecule has 0 bridgehead atoms. The van der Waals surface area contributed by atoms with Crippen LogP contribution in [0.25, 0.3) is 6.08 Å². The molecule has 0 saturated carbocycles. The predicted molar refractivity (Wildman–Crippen MR) is 100 cm³/mol. The summed E-state index contributed by atoms with van der Waals surface area (Å²) in [5.74, 6) is -0.171. The van der Waals surface area contributed by atoms with Gasteiger partial charge in [0.1, 0.15) is 0 Å². The first-order valence-corrected chi connectivity index (χ1v) is 8.55. The Hall–Kier alpha value is -2.72. The summed E-state index contributed by atoms with van der Waals surface area (Å²) < 4.78 is 0. The number of hydrogen-bond acceptors (Lipinski definition) is 3. The van der Waals surface area contributed by atoms with Crippen LogP contribution in [-0.4, -0.2) is 10.9 Å². The smallest absolute Gasteiger partial charge is 0.250 e. The van der Waals surface area contributed by atoms with E-state index in [4.69, 9.17) is 0 Å². The van der Waals surface area contributed by atoms with Crippen molar-refractivity contribution in [3.8, 4) is 0 Å². The lowest BCUT2D eigenvalue weighted by molar-refractivity contribution is -0.111. The lowest BCUT2D eigenvalue weighted by Gasteiger charge is -1.99. The predicted octanol–water partition coefficient (Wildman–Crippen LogP) is 4.69. The van der Waals surface area contributed by atoms with Crippen LogP contribution in [0.3, 0.4) is 0 Å². The van der Waals surface area contributed by atoms with E-state index in [1.165, 1.54) is 28.5 Å². The SMILES string of the molecule is Cc1cccc(Cc2cnc(NC(=O)C=Cc3ccccc3)s2)c1. The van der Waals surface area contributed by atoms with Crippen molar-refractivity contribution in [3.05, 3.63) is 88.4 Å². The number of amides is 1. The van der Waals surface area contributed by atoms with Crippen LogP contribution in [-0.2, 0) is 11.2 Å². The van der Waals surface area contributed by atoms with Crippen LogP contribution >= 0.6 is 11.3 Å². The van der Waals surface area contributed by atoms with Crippen molar-refractivity contribution in [2.24, 2.45) is 0 Å². The number of aromatic nitrogens is 1. The summed E-state index contributed by atoms with van der Waals surface area (Å²) in [5, 5.41) is 3.44. The van der Waals surface area contributed by atoms with Gasteiger partial charge in [-0.2, -0.15) is 0 Å².